The lowest BCUT2D eigenvalue weighted by Gasteiger charge is -2.17. The van der Waals surface area contributed by atoms with Crippen molar-refractivity contribution in [1.82, 2.24) is 14.5 Å². The molecule has 0 fully saturated rings. The van der Waals surface area contributed by atoms with Gasteiger partial charge < -0.3 is 4.42 Å². The van der Waals surface area contributed by atoms with E-state index in [0.717, 1.165) is 23.4 Å². The summed E-state index contributed by atoms with van der Waals surface area (Å²) < 4.78 is 32.0. The van der Waals surface area contributed by atoms with Gasteiger partial charge in [0.2, 0.25) is 10.0 Å². The summed E-state index contributed by atoms with van der Waals surface area (Å²) in [6.45, 7) is 4.30. The largest absolute Gasteiger partial charge is 0.423 e. The van der Waals surface area contributed by atoms with E-state index >= 15 is 0 Å². The predicted molar refractivity (Wildman–Crippen MR) is 98.7 cm³/mol. The Labute approximate surface area is 151 Å². The maximum atomic E-state index is 12.8. The van der Waals surface area contributed by atoms with Gasteiger partial charge in [0, 0.05) is 30.7 Å². The van der Waals surface area contributed by atoms with Gasteiger partial charge in [0.1, 0.15) is 5.58 Å². The van der Waals surface area contributed by atoms with Gasteiger partial charge in [-0.05, 0) is 56.5 Å². The number of sulfonamides is 1. The SMILES string of the molecule is Cc1n[nH]c(C)c1CCCN(C)S(=O)(=O)c1ccc2oc(=O)ccc2c1. The summed E-state index contributed by atoms with van der Waals surface area (Å²) in [6, 6.07) is 7.33. The second kappa shape index (κ2) is 7.05. The zero-order valence-electron chi connectivity index (χ0n) is 14.9. The van der Waals surface area contributed by atoms with Crippen LogP contribution in [0, 0.1) is 13.8 Å². The first-order valence-corrected chi connectivity index (χ1v) is 9.74. The number of rotatable bonds is 6. The van der Waals surface area contributed by atoms with Crippen molar-refractivity contribution in [1.29, 1.82) is 0 Å². The minimum atomic E-state index is -3.61. The van der Waals surface area contributed by atoms with Crippen molar-refractivity contribution in [2.75, 3.05) is 13.6 Å². The van der Waals surface area contributed by atoms with Crippen molar-refractivity contribution in [2.24, 2.45) is 0 Å². The minimum Gasteiger partial charge on any atom is -0.423 e. The van der Waals surface area contributed by atoms with Gasteiger partial charge in [-0.3, -0.25) is 5.10 Å². The molecule has 3 aromatic rings. The number of fused-ring (bicyclic) bond motifs is 1. The van der Waals surface area contributed by atoms with Crippen molar-refractivity contribution in [3.05, 3.63) is 57.7 Å². The third-order valence-corrected chi connectivity index (χ3v) is 6.33. The van der Waals surface area contributed by atoms with E-state index < -0.39 is 15.6 Å². The molecular formula is C18H21N3O4S. The molecule has 0 aliphatic carbocycles. The summed E-state index contributed by atoms with van der Waals surface area (Å²) in [6.07, 6.45) is 1.45. The first kappa shape index (κ1) is 18.3. The van der Waals surface area contributed by atoms with E-state index in [4.69, 9.17) is 4.42 Å². The second-order valence-electron chi connectivity index (χ2n) is 6.30. The van der Waals surface area contributed by atoms with E-state index in [2.05, 4.69) is 10.2 Å². The molecule has 0 saturated heterocycles. The molecule has 2 aromatic heterocycles. The zero-order valence-corrected chi connectivity index (χ0v) is 15.8. The molecule has 3 rings (SSSR count). The molecule has 1 aromatic carbocycles. The molecule has 8 heteroatoms. The van der Waals surface area contributed by atoms with Crippen LogP contribution in [0.15, 0.2) is 44.4 Å². The van der Waals surface area contributed by atoms with Crippen LogP contribution < -0.4 is 5.63 Å². The van der Waals surface area contributed by atoms with Gasteiger partial charge in [0.15, 0.2) is 0 Å². The highest BCUT2D eigenvalue weighted by atomic mass is 32.2. The fourth-order valence-corrected chi connectivity index (χ4v) is 4.18. The van der Waals surface area contributed by atoms with Crippen LogP contribution in [0.25, 0.3) is 11.0 Å². The maximum absolute atomic E-state index is 12.8. The van der Waals surface area contributed by atoms with Gasteiger partial charge in [-0.1, -0.05) is 0 Å². The van der Waals surface area contributed by atoms with Crippen LogP contribution in [0.1, 0.15) is 23.4 Å². The predicted octanol–water partition coefficient (Wildman–Crippen LogP) is 2.39. The van der Waals surface area contributed by atoms with Crippen LogP contribution in [0.3, 0.4) is 0 Å². The molecule has 0 radical (unpaired) electrons. The molecule has 0 aliphatic rings. The third kappa shape index (κ3) is 3.56. The van der Waals surface area contributed by atoms with Gasteiger partial charge in [0.05, 0.1) is 10.6 Å². The molecule has 138 valence electrons. The first-order valence-electron chi connectivity index (χ1n) is 8.30. The van der Waals surface area contributed by atoms with E-state index in [1.54, 1.807) is 13.1 Å². The second-order valence-corrected chi connectivity index (χ2v) is 8.34. The third-order valence-electron chi connectivity index (χ3n) is 4.48. The van der Waals surface area contributed by atoms with Gasteiger partial charge in [-0.2, -0.15) is 5.10 Å². The molecule has 0 atom stereocenters. The fraction of sp³-hybridized carbons (Fsp3) is 0.333. The number of hydrogen-bond acceptors (Lipinski definition) is 5. The molecule has 0 amide bonds. The Balaban J connectivity index is 1.74. The Morgan fingerprint density at radius 2 is 1.96 bits per heavy atom. The van der Waals surface area contributed by atoms with E-state index in [1.165, 1.54) is 28.6 Å². The number of hydrogen-bond donors (Lipinski definition) is 1. The number of aryl methyl sites for hydroxylation is 2. The molecule has 0 aliphatic heterocycles. The summed E-state index contributed by atoms with van der Waals surface area (Å²) in [5, 5.41) is 7.67. The first-order chi connectivity index (χ1) is 12.3. The normalized spacial score (nSPS) is 12.2. The fourth-order valence-electron chi connectivity index (χ4n) is 2.93. The van der Waals surface area contributed by atoms with Crippen LogP contribution in [-0.2, 0) is 16.4 Å². The quantitative estimate of drug-likeness (QED) is 0.667. The molecule has 26 heavy (non-hydrogen) atoms. The molecule has 2 heterocycles. The maximum Gasteiger partial charge on any atom is 0.336 e. The number of nitrogens with one attached hydrogen (secondary N) is 1. The lowest BCUT2D eigenvalue weighted by molar-refractivity contribution is 0.461. The highest BCUT2D eigenvalue weighted by Crippen LogP contribution is 2.21. The van der Waals surface area contributed by atoms with Crippen LogP contribution >= 0.6 is 0 Å². The zero-order chi connectivity index (χ0) is 18.9. The standard InChI is InChI=1S/C18H21N3O4S/c1-12-16(13(2)20-19-12)5-4-10-21(3)26(23,24)15-7-8-17-14(11-15)6-9-18(22)25-17/h6-9,11H,4-5,10H2,1-3H3,(H,19,20). The summed E-state index contributed by atoms with van der Waals surface area (Å²) >= 11 is 0. The average molecular weight is 375 g/mol. The average Bonchev–Trinajstić information content (AvgIpc) is 2.92. The number of nitrogens with zero attached hydrogens (tertiary/aromatic N) is 2. The number of benzene rings is 1. The van der Waals surface area contributed by atoms with Crippen LogP contribution in [0.4, 0.5) is 0 Å². The van der Waals surface area contributed by atoms with Gasteiger partial charge in [0.25, 0.3) is 0 Å². The highest BCUT2D eigenvalue weighted by molar-refractivity contribution is 7.89. The van der Waals surface area contributed by atoms with Crippen molar-refractivity contribution in [3.8, 4) is 0 Å². The highest BCUT2D eigenvalue weighted by Gasteiger charge is 2.21. The van der Waals surface area contributed by atoms with Gasteiger partial charge in [-0.25, -0.2) is 17.5 Å². The Morgan fingerprint density at radius 1 is 1.19 bits per heavy atom. The number of aromatic nitrogens is 2. The van der Waals surface area contributed by atoms with Crippen LogP contribution in [0.2, 0.25) is 0 Å². The molecule has 7 nitrogen and oxygen atoms in total. The topological polar surface area (TPSA) is 96.3 Å². The monoisotopic (exact) mass is 375 g/mol. The van der Waals surface area contributed by atoms with Crippen molar-refractivity contribution >= 4 is 21.0 Å². The van der Waals surface area contributed by atoms with E-state index in [1.807, 2.05) is 13.8 Å². The Morgan fingerprint density at radius 3 is 2.65 bits per heavy atom. The Kier molecular flexibility index (Phi) is 4.97. The van der Waals surface area contributed by atoms with Crippen molar-refractivity contribution < 1.29 is 12.8 Å². The summed E-state index contributed by atoms with van der Waals surface area (Å²) in [4.78, 5) is 11.4. The molecular weight excluding hydrogens is 354 g/mol. The Bertz CT molecular complexity index is 1080. The molecule has 0 spiro atoms. The molecule has 0 saturated carbocycles. The number of aromatic amines is 1. The summed E-state index contributed by atoms with van der Waals surface area (Å²) in [5.74, 6) is 0. The van der Waals surface area contributed by atoms with E-state index in [9.17, 15) is 13.2 Å². The smallest absolute Gasteiger partial charge is 0.336 e. The van der Waals surface area contributed by atoms with E-state index in [-0.39, 0.29) is 4.90 Å². The summed E-state index contributed by atoms with van der Waals surface area (Å²) in [5.41, 5.74) is 3.00. The van der Waals surface area contributed by atoms with E-state index in [0.29, 0.717) is 23.9 Å². The molecule has 0 bridgehead atoms. The number of H-pyrrole nitrogens is 1. The van der Waals surface area contributed by atoms with Crippen molar-refractivity contribution in [3.63, 3.8) is 0 Å². The van der Waals surface area contributed by atoms with Gasteiger partial charge in [-0.15, -0.1) is 0 Å². The molecule has 0 unspecified atom stereocenters. The summed E-state index contributed by atoms with van der Waals surface area (Å²) in [7, 11) is -2.04. The van der Waals surface area contributed by atoms with Crippen LogP contribution in [-0.4, -0.2) is 36.5 Å². The minimum absolute atomic E-state index is 0.178. The lowest BCUT2D eigenvalue weighted by atomic mass is 10.1. The lowest BCUT2D eigenvalue weighted by Crippen LogP contribution is -2.28. The van der Waals surface area contributed by atoms with Crippen LogP contribution in [0.5, 0.6) is 0 Å². The Hall–Kier alpha value is -2.45. The molecule has 1 N–H and O–H groups in total. The van der Waals surface area contributed by atoms with Gasteiger partial charge >= 0.3 is 5.63 Å². The van der Waals surface area contributed by atoms with Crippen molar-refractivity contribution in [2.45, 2.75) is 31.6 Å².